The van der Waals surface area contributed by atoms with Crippen molar-refractivity contribution in [2.75, 3.05) is 6.61 Å². The van der Waals surface area contributed by atoms with E-state index >= 15 is 0 Å². The van der Waals surface area contributed by atoms with Crippen LogP contribution in [0.25, 0.3) is 0 Å². The number of carbonyl (C=O) groups excluding carboxylic acids is 2. The van der Waals surface area contributed by atoms with Gasteiger partial charge in [0.05, 0.1) is 18.9 Å². The third kappa shape index (κ3) is 6.24. The molecule has 146 valence electrons. The maximum absolute atomic E-state index is 12.7. The number of benzene rings is 1. The average Bonchev–Trinajstić information content (AvgIpc) is 3.04. The minimum absolute atomic E-state index is 0.167. The van der Waals surface area contributed by atoms with E-state index in [1.165, 1.54) is 6.92 Å². The van der Waals surface area contributed by atoms with Gasteiger partial charge in [-0.1, -0.05) is 36.8 Å². The van der Waals surface area contributed by atoms with Gasteiger partial charge in [-0.3, -0.25) is 9.59 Å². The molecule has 0 spiro atoms. The second kappa shape index (κ2) is 9.90. The van der Waals surface area contributed by atoms with Gasteiger partial charge in [-0.05, 0) is 25.3 Å². The minimum Gasteiger partial charge on any atom is -0.466 e. The van der Waals surface area contributed by atoms with Crippen LogP contribution in [-0.4, -0.2) is 28.1 Å². The molecule has 0 N–H and O–H groups in total. The van der Waals surface area contributed by atoms with Crippen LogP contribution in [0.5, 0.6) is 0 Å². The smallest absolute Gasteiger partial charge is 0.309 e. The lowest BCUT2D eigenvalue weighted by molar-refractivity contribution is -0.155. The molecule has 1 heterocycles. The summed E-state index contributed by atoms with van der Waals surface area (Å²) in [6, 6.07) is 7.89. The second-order valence-electron chi connectivity index (χ2n) is 6.87. The van der Waals surface area contributed by atoms with Gasteiger partial charge >= 0.3 is 11.9 Å². The standard InChI is InChI=1S/C21H28N2O4/c1-5-20(21(25)27-12-17-8-6-15(2)7-9-17)18(13-26-16(3)24)10-19-11-22-14-23(19)4/h6-9,11,14,18,20H,5,10,12-13H2,1-4H3/t18-,20-/m0/s1. The molecule has 6 heteroatoms. The van der Waals surface area contributed by atoms with Crippen LogP contribution in [0.4, 0.5) is 0 Å². The van der Waals surface area contributed by atoms with Gasteiger partial charge in [0.25, 0.3) is 0 Å². The first-order valence-electron chi connectivity index (χ1n) is 9.21. The zero-order valence-corrected chi connectivity index (χ0v) is 16.5. The molecule has 0 aliphatic rings. The SMILES string of the molecule is CC[C@H](C(=O)OCc1ccc(C)cc1)[C@H](COC(C)=O)Cc1cncn1C. The van der Waals surface area contributed by atoms with E-state index < -0.39 is 0 Å². The lowest BCUT2D eigenvalue weighted by Crippen LogP contribution is -2.31. The number of esters is 2. The van der Waals surface area contributed by atoms with Crippen LogP contribution in [0.3, 0.4) is 0 Å². The highest BCUT2D eigenvalue weighted by molar-refractivity contribution is 5.73. The zero-order chi connectivity index (χ0) is 19.8. The molecule has 2 aromatic rings. The Morgan fingerprint density at radius 2 is 1.89 bits per heavy atom. The quantitative estimate of drug-likeness (QED) is 0.632. The topological polar surface area (TPSA) is 70.4 Å². The van der Waals surface area contributed by atoms with E-state index in [0.717, 1.165) is 16.8 Å². The number of imidazole rings is 1. The van der Waals surface area contributed by atoms with Crippen molar-refractivity contribution >= 4 is 11.9 Å². The molecule has 0 unspecified atom stereocenters. The van der Waals surface area contributed by atoms with Crippen molar-refractivity contribution in [3.8, 4) is 0 Å². The van der Waals surface area contributed by atoms with Crippen LogP contribution in [-0.2, 0) is 39.1 Å². The average molecular weight is 372 g/mol. The zero-order valence-electron chi connectivity index (χ0n) is 16.5. The number of carbonyl (C=O) groups is 2. The number of ether oxygens (including phenoxy) is 2. The Bertz CT molecular complexity index is 752. The fraction of sp³-hybridized carbons (Fsp3) is 0.476. The predicted molar refractivity (Wildman–Crippen MR) is 102 cm³/mol. The number of hydrogen-bond acceptors (Lipinski definition) is 5. The van der Waals surface area contributed by atoms with Crippen molar-refractivity contribution in [3.63, 3.8) is 0 Å². The van der Waals surface area contributed by atoms with Crippen LogP contribution in [0.15, 0.2) is 36.8 Å². The van der Waals surface area contributed by atoms with E-state index in [1.54, 1.807) is 12.5 Å². The van der Waals surface area contributed by atoms with E-state index in [1.807, 2.05) is 49.7 Å². The summed E-state index contributed by atoms with van der Waals surface area (Å²) >= 11 is 0. The Morgan fingerprint density at radius 3 is 2.44 bits per heavy atom. The van der Waals surface area contributed by atoms with Gasteiger partial charge in [0, 0.05) is 31.8 Å². The van der Waals surface area contributed by atoms with Crippen LogP contribution in [0.1, 0.15) is 37.1 Å². The maximum atomic E-state index is 12.7. The Labute approximate surface area is 160 Å². The number of nitrogens with zero attached hydrogens (tertiary/aromatic N) is 2. The largest absolute Gasteiger partial charge is 0.466 e. The molecular weight excluding hydrogens is 344 g/mol. The number of aromatic nitrogens is 2. The molecular formula is C21H28N2O4. The van der Waals surface area contributed by atoms with Crippen molar-refractivity contribution < 1.29 is 19.1 Å². The van der Waals surface area contributed by atoms with Gasteiger partial charge < -0.3 is 14.0 Å². The van der Waals surface area contributed by atoms with Gasteiger partial charge in [0.1, 0.15) is 6.61 Å². The monoisotopic (exact) mass is 372 g/mol. The lowest BCUT2D eigenvalue weighted by Gasteiger charge is -2.24. The number of rotatable bonds is 9. The highest BCUT2D eigenvalue weighted by Gasteiger charge is 2.30. The Balaban J connectivity index is 2.06. The van der Waals surface area contributed by atoms with Crippen LogP contribution >= 0.6 is 0 Å². The van der Waals surface area contributed by atoms with Crippen molar-refractivity contribution in [2.24, 2.45) is 18.9 Å². The third-order valence-electron chi connectivity index (χ3n) is 4.70. The second-order valence-corrected chi connectivity index (χ2v) is 6.87. The van der Waals surface area contributed by atoms with E-state index in [-0.39, 0.29) is 37.0 Å². The van der Waals surface area contributed by atoms with E-state index in [4.69, 9.17) is 9.47 Å². The molecule has 2 atom stereocenters. The van der Waals surface area contributed by atoms with Crippen molar-refractivity contribution in [1.29, 1.82) is 0 Å². The van der Waals surface area contributed by atoms with Crippen LogP contribution < -0.4 is 0 Å². The maximum Gasteiger partial charge on any atom is 0.309 e. The molecule has 0 bridgehead atoms. The predicted octanol–water partition coefficient (Wildman–Crippen LogP) is 3.22. The van der Waals surface area contributed by atoms with Crippen molar-refractivity contribution in [1.82, 2.24) is 9.55 Å². The molecule has 0 amide bonds. The lowest BCUT2D eigenvalue weighted by atomic mass is 9.87. The summed E-state index contributed by atoms with van der Waals surface area (Å²) in [7, 11) is 1.90. The molecule has 2 rings (SSSR count). The van der Waals surface area contributed by atoms with E-state index in [9.17, 15) is 9.59 Å². The first kappa shape index (κ1) is 20.7. The summed E-state index contributed by atoms with van der Waals surface area (Å²) in [4.78, 5) is 28.1. The summed E-state index contributed by atoms with van der Waals surface area (Å²) < 4.78 is 12.7. The highest BCUT2D eigenvalue weighted by atomic mass is 16.5. The summed E-state index contributed by atoms with van der Waals surface area (Å²) in [5, 5.41) is 0. The fourth-order valence-corrected chi connectivity index (χ4v) is 3.03. The first-order chi connectivity index (χ1) is 12.9. The van der Waals surface area contributed by atoms with Gasteiger partial charge in [-0.25, -0.2) is 4.98 Å². The minimum atomic E-state index is -0.357. The number of hydrogen-bond donors (Lipinski definition) is 0. The Kier molecular flexibility index (Phi) is 7.58. The summed E-state index contributed by atoms with van der Waals surface area (Å²) in [6.07, 6.45) is 4.68. The van der Waals surface area contributed by atoms with Crippen molar-refractivity contribution in [2.45, 2.75) is 40.2 Å². The molecule has 0 aliphatic heterocycles. The normalized spacial score (nSPS) is 13.0. The molecule has 6 nitrogen and oxygen atoms in total. The Morgan fingerprint density at radius 1 is 1.19 bits per heavy atom. The molecule has 1 aromatic carbocycles. The molecule has 27 heavy (non-hydrogen) atoms. The molecule has 0 radical (unpaired) electrons. The summed E-state index contributed by atoms with van der Waals surface area (Å²) in [5.41, 5.74) is 3.10. The molecule has 1 aromatic heterocycles. The third-order valence-corrected chi connectivity index (χ3v) is 4.70. The molecule has 0 aliphatic carbocycles. The van der Waals surface area contributed by atoms with Gasteiger partial charge in [0.2, 0.25) is 0 Å². The molecule has 0 fully saturated rings. The van der Waals surface area contributed by atoms with Gasteiger partial charge in [-0.2, -0.15) is 0 Å². The van der Waals surface area contributed by atoms with Gasteiger partial charge in [-0.15, -0.1) is 0 Å². The van der Waals surface area contributed by atoms with Crippen LogP contribution in [0.2, 0.25) is 0 Å². The van der Waals surface area contributed by atoms with Crippen LogP contribution in [0, 0.1) is 18.8 Å². The van der Waals surface area contributed by atoms with Crippen molar-refractivity contribution in [3.05, 3.63) is 53.6 Å². The van der Waals surface area contributed by atoms with Gasteiger partial charge in [0.15, 0.2) is 0 Å². The van der Waals surface area contributed by atoms with E-state index in [2.05, 4.69) is 4.98 Å². The number of aryl methyl sites for hydroxylation is 2. The summed E-state index contributed by atoms with van der Waals surface area (Å²) in [6.45, 7) is 5.75. The summed E-state index contributed by atoms with van der Waals surface area (Å²) in [5.74, 6) is -1.14. The van der Waals surface area contributed by atoms with E-state index in [0.29, 0.717) is 12.8 Å². The fourth-order valence-electron chi connectivity index (χ4n) is 3.03. The first-order valence-corrected chi connectivity index (χ1v) is 9.21. The highest BCUT2D eigenvalue weighted by Crippen LogP contribution is 2.23. The Hall–Kier alpha value is -2.63. The molecule has 0 saturated heterocycles. The molecule has 0 saturated carbocycles.